The van der Waals surface area contributed by atoms with Crippen LogP contribution in [-0.4, -0.2) is 31.8 Å². The number of benzene rings is 4. The number of hydrogen-bond donors (Lipinski definition) is 0. The molecule has 4 aromatic carbocycles. The number of fused-ring (bicyclic) bond motifs is 4. The molecule has 0 aliphatic carbocycles. The van der Waals surface area contributed by atoms with E-state index < -0.39 is 32.0 Å². The first-order valence-electron chi connectivity index (χ1n) is 12.1. The monoisotopic (exact) mass is 607 g/mol. The van der Waals surface area contributed by atoms with E-state index in [1.807, 2.05) is 72.8 Å². The number of hydrogen-bond acceptors (Lipinski definition) is 9. The summed E-state index contributed by atoms with van der Waals surface area (Å²) in [5.41, 5.74) is 2.59. The molecule has 0 radical (unpaired) electrons. The second-order valence-corrected chi connectivity index (χ2v) is 12.7. The molecule has 0 amide bonds. The third-order valence-electron chi connectivity index (χ3n) is 6.27. The van der Waals surface area contributed by atoms with E-state index in [1.165, 1.54) is 26.9 Å². The highest BCUT2D eigenvalue weighted by Gasteiger charge is 2.31. The van der Waals surface area contributed by atoms with Gasteiger partial charge in [-0.25, -0.2) is 16.8 Å². The van der Waals surface area contributed by atoms with Crippen LogP contribution in [0, 0.1) is 0 Å². The Hall–Kier alpha value is -4.07. The first-order valence-corrected chi connectivity index (χ1v) is 16.1. The summed E-state index contributed by atoms with van der Waals surface area (Å²) in [6, 6.07) is 25.7. The molecule has 41 heavy (non-hydrogen) atoms. The van der Waals surface area contributed by atoms with Crippen LogP contribution < -0.4 is 14.2 Å². The molecule has 1 aliphatic heterocycles. The first kappa shape index (κ1) is 28.5. The molecule has 0 bridgehead atoms. The van der Waals surface area contributed by atoms with E-state index in [1.54, 1.807) is 12.1 Å². The summed E-state index contributed by atoms with van der Waals surface area (Å²) >= 11 is 1.21. The minimum Gasteiger partial charge on any atom is -0.747 e. The molecule has 5 aromatic rings. The minimum absolute atomic E-state index is 0.0162. The lowest BCUT2D eigenvalue weighted by Gasteiger charge is -2.20. The number of rotatable bonds is 6. The van der Waals surface area contributed by atoms with Gasteiger partial charge in [-0.15, -0.1) is 13.2 Å². The molecule has 0 atom stereocenters. The fraction of sp³-hybridized carbons (Fsp3) is 0.0690. The number of nitrogens with zero attached hydrogens (tertiary/aromatic N) is 2. The molecular weight excluding hydrogens is 585 g/mol. The molecule has 0 unspecified atom stereocenters. The van der Waals surface area contributed by atoms with E-state index in [0.29, 0.717) is 26.7 Å². The topological polar surface area (TPSA) is 131 Å². The van der Waals surface area contributed by atoms with Gasteiger partial charge in [-0.05, 0) is 40.8 Å². The summed E-state index contributed by atoms with van der Waals surface area (Å²) in [7, 11) is -9.44. The molecule has 2 heterocycles. The molecule has 0 saturated carbocycles. The molecule has 0 spiro atoms. The van der Waals surface area contributed by atoms with Gasteiger partial charge in [-0.3, -0.25) is 4.90 Å². The number of anilines is 1. The van der Waals surface area contributed by atoms with E-state index >= 15 is 0 Å². The van der Waals surface area contributed by atoms with E-state index in [9.17, 15) is 25.9 Å². The maximum atomic E-state index is 11.9. The molecule has 210 valence electrons. The maximum Gasteiger partial charge on any atom is 0.269 e. The van der Waals surface area contributed by atoms with Gasteiger partial charge in [0.25, 0.3) is 5.01 Å². The molecule has 12 heteroatoms. The van der Waals surface area contributed by atoms with Crippen molar-refractivity contribution < 1.29 is 35.2 Å². The summed E-state index contributed by atoms with van der Waals surface area (Å²) in [5.74, 6) is -1.40. The second-order valence-electron chi connectivity index (χ2n) is 8.94. The van der Waals surface area contributed by atoms with Crippen LogP contribution in [0.3, 0.4) is 0 Å². The molecular formula is C29H23N2O7S3-. The molecule has 1 aromatic heterocycles. The van der Waals surface area contributed by atoms with Crippen LogP contribution in [0.2, 0.25) is 0 Å². The predicted molar refractivity (Wildman–Crippen MR) is 158 cm³/mol. The normalized spacial score (nSPS) is 14.1. The lowest BCUT2D eigenvalue weighted by Crippen LogP contribution is -2.39. The third-order valence-corrected chi connectivity index (χ3v) is 8.52. The van der Waals surface area contributed by atoms with Gasteiger partial charge in [0.15, 0.2) is 15.9 Å². The highest BCUT2D eigenvalue weighted by molar-refractivity contribution is 7.85. The van der Waals surface area contributed by atoms with E-state index in [2.05, 4.69) is 13.2 Å². The summed E-state index contributed by atoms with van der Waals surface area (Å²) in [4.78, 5) is 1.24. The van der Waals surface area contributed by atoms with Crippen molar-refractivity contribution in [2.75, 3.05) is 10.8 Å². The summed E-state index contributed by atoms with van der Waals surface area (Å²) in [6.45, 7) is 6.00. The van der Waals surface area contributed by atoms with Crippen LogP contribution in [-0.2, 0) is 26.1 Å². The van der Waals surface area contributed by atoms with Crippen molar-refractivity contribution in [3.05, 3.63) is 109 Å². The molecule has 0 saturated heterocycles. The highest BCUT2D eigenvalue weighted by Crippen LogP contribution is 2.42. The van der Waals surface area contributed by atoms with Crippen molar-refractivity contribution in [2.24, 2.45) is 0 Å². The molecule has 1 aliphatic rings. The fourth-order valence-corrected chi connectivity index (χ4v) is 7.04. The molecule has 0 N–H and O–H groups in total. The Morgan fingerprint density at radius 2 is 1.56 bits per heavy atom. The Bertz CT molecular complexity index is 2020. The van der Waals surface area contributed by atoms with Gasteiger partial charge >= 0.3 is 0 Å². The minimum atomic E-state index is -4.74. The number of aromatic nitrogens is 1. The maximum absolute atomic E-state index is 11.9. The Kier molecular flexibility index (Phi) is 7.68. The highest BCUT2D eigenvalue weighted by atomic mass is 32.2. The fourth-order valence-electron chi connectivity index (χ4n) is 4.68. The zero-order valence-electron chi connectivity index (χ0n) is 21.5. The SMILES string of the molecule is C=C.O=S(=O)([O-])CN1C(=Cc2sc3ccc4ccccc4c3[n+]2CS(=O)(=O)[O-])Oc2ccc(-c3ccccc3)cc21. The van der Waals surface area contributed by atoms with Crippen LogP contribution >= 0.6 is 11.3 Å². The zero-order chi connectivity index (χ0) is 29.4. The zero-order valence-corrected chi connectivity index (χ0v) is 23.9. The van der Waals surface area contributed by atoms with Crippen LogP contribution in [0.15, 0.2) is 104 Å². The number of thiazole rings is 1. The second kappa shape index (κ2) is 11.1. The van der Waals surface area contributed by atoms with Gasteiger partial charge in [0.1, 0.15) is 20.7 Å². The summed E-state index contributed by atoms with van der Waals surface area (Å²) in [6.07, 6.45) is 1.46. The lowest BCUT2D eigenvalue weighted by molar-refractivity contribution is -0.648. The smallest absolute Gasteiger partial charge is 0.269 e. The van der Waals surface area contributed by atoms with Crippen molar-refractivity contribution in [2.45, 2.75) is 5.88 Å². The third kappa shape index (κ3) is 6.01. The molecule has 6 rings (SSSR count). The van der Waals surface area contributed by atoms with Crippen molar-refractivity contribution in [1.29, 1.82) is 0 Å². The van der Waals surface area contributed by atoms with Gasteiger partial charge in [0.2, 0.25) is 17.3 Å². The van der Waals surface area contributed by atoms with Gasteiger partial charge in [-0.2, -0.15) is 4.57 Å². The number of ether oxygens (including phenoxy) is 1. The van der Waals surface area contributed by atoms with Crippen molar-refractivity contribution in [3.63, 3.8) is 0 Å². The standard InChI is InChI=1S/C27H20N2O7S3.C2H4/c30-38(31,32)16-28-22-14-20(18-6-2-1-3-7-18)10-12-23(22)36-25(28)15-26-29(17-39(33,34)35)27-21-9-5-4-8-19(21)11-13-24(27)37-26;1-2/h1-15H,16-17H2,(H-,30,31,32,33,34,35);1-2H2/p-1. The Morgan fingerprint density at radius 3 is 2.27 bits per heavy atom. The largest absolute Gasteiger partial charge is 0.747 e. The van der Waals surface area contributed by atoms with E-state index in [0.717, 1.165) is 21.9 Å². The Balaban J connectivity index is 0.00000165. The van der Waals surface area contributed by atoms with Crippen molar-refractivity contribution in [1.82, 2.24) is 0 Å². The van der Waals surface area contributed by atoms with Crippen molar-refractivity contribution in [3.8, 4) is 16.9 Å². The molecule has 9 nitrogen and oxygen atoms in total. The van der Waals surface area contributed by atoms with Crippen LogP contribution in [0.25, 0.3) is 38.2 Å². The van der Waals surface area contributed by atoms with E-state index in [4.69, 9.17) is 4.74 Å². The van der Waals surface area contributed by atoms with Crippen LogP contribution in [0.1, 0.15) is 5.01 Å². The lowest BCUT2D eigenvalue weighted by atomic mass is 10.0. The quantitative estimate of drug-likeness (QED) is 0.150. The molecule has 0 fully saturated rings. The average Bonchev–Trinajstić information content (AvgIpc) is 3.45. The van der Waals surface area contributed by atoms with Crippen LogP contribution in [0.5, 0.6) is 5.75 Å². The summed E-state index contributed by atoms with van der Waals surface area (Å²) in [5, 5.41) is 1.94. The van der Waals surface area contributed by atoms with Gasteiger partial charge in [-0.1, -0.05) is 72.0 Å². The average molecular weight is 608 g/mol. The van der Waals surface area contributed by atoms with Gasteiger partial charge < -0.3 is 13.8 Å². The Morgan fingerprint density at radius 1 is 0.854 bits per heavy atom. The van der Waals surface area contributed by atoms with Gasteiger partial charge in [0, 0.05) is 0 Å². The first-order chi connectivity index (χ1) is 19.6. The van der Waals surface area contributed by atoms with Crippen LogP contribution in [0.4, 0.5) is 5.69 Å². The van der Waals surface area contributed by atoms with E-state index in [-0.39, 0.29) is 5.88 Å². The summed E-state index contributed by atoms with van der Waals surface area (Å²) < 4.78 is 79.5. The van der Waals surface area contributed by atoms with Crippen molar-refractivity contribution >= 4 is 64.3 Å². The predicted octanol–water partition coefficient (Wildman–Crippen LogP) is 5.01. The van der Waals surface area contributed by atoms with Gasteiger partial charge in [0.05, 0.1) is 17.1 Å². The Labute approximate surface area is 241 Å².